The predicted molar refractivity (Wildman–Crippen MR) is 66.3 cm³/mol. The number of hydrogen-bond acceptors (Lipinski definition) is 2. The third-order valence-corrected chi connectivity index (χ3v) is 2.72. The number of carbonyl (C=O) groups is 1. The normalized spacial score (nSPS) is 10.2. The molecule has 0 atom stereocenters. The lowest BCUT2D eigenvalue weighted by molar-refractivity contribution is 0.112. The molecule has 0 saturated heterocycles. The Morgan fingerprint density at radius 2 is 1.56 bits per heavy atom. The topological polar surface area (TPSA) is 20.3 Å². The Morgan fingerprint density at radius 3 is 2.22 bits per heavy atom. The summed E-state index contributed by atoms with van der Waals surface area (Å²) in [4.78, 5) is 12.4. The van der Waals surface area contributed by atoms with Crippen LogP contribution in [0.4, 0.5) is 20.2 Å². The average molecular weight is 247 g/mol. The number of para-hydroxylation sites is 1. The van der Waals surface area contributed by atoms with E-state index in [0.717, 1.165) is 0 Å². The average Bonchev–Trinajstić information content (AvgIpc) is 2.38. The van der Waals surface area contributed by atoms with E-state index in [1.54, 1.807) is 31.3 Å². The van der Waals surface area contributed by atoms with Crippen LogP contribution in [0.3, 0.4) is 0 Å². The summed E-state index contributed by atoms with van der Waals surface area (Å²) in [7, 11) is 1.58. The van der Waals surface area contributed by atoms with E-state index < -0.39 is 11.6 Å². The molecule has 0 unspecified atom stereocenters. The van der Waals surface area contributed by atoms with Gasteiger partial charge in [-0.15, -0.1) is 0 Å². The van der Waals surface area contributed by atoms with Gasteiger partial charge in [0.25, 0.3) is 0 Å². The first kappa shape index (κ1) is 12.2. The number of benzene rings is 2. The molecule has 0 heterocycles. The van der Waals surface area contributed by atoms with Crippen molar-refractivity contribution in [2.24, 2.45) is 0 Å². The molecule has 0 radical (unpaired) electrons. The Balaban J connectivity index is 2.53. The SMILES string of the molecule is CN(c1ccccc1F)c1cccc(F)c1C=O. The first-order chi connectivity index (χ1) is 8.65. The molecular weight excluding hydrogens is 236 g/mol. The highest BCUT2D eigenvalue weighted by atomic mass is 19.1. The number of anilines is 2. The highest BCUT2D eigenvalue weighted by molar-refractivity contribution is 5.87. The van der Waals surface area contributed by atoms with Crippen molar-refractivity contribution in [3.8, 4) is 0 Å². The number of carbonyl (C=O) groups excluding carboxylic acids is 1. The molecule has 0 aliphatic carbocycles. The molecule has 2 aromatic carbocycles. The molecule has 2 rings (SSSR count). The van der Waals surface area contributed by atoms with Gasteiger partial charge < -0.3 is 4.90 Å². The second-order valence-electron chi connectivity index (χ2n) is 3.80. The minimum Gasteiger partial charge on any atom is -0.342 e. The molecule has 4 heteroatoms. The largest absolute Gasteiger partial charge is 0.342 e. The van der Waals surface area contributed by atoms with Gasteiger partial charge in [0.2, 0.25) is 0 Å². The highest BCUT2D eigenvalue weighted by Crippen LogP contribution is 2.29. The molecule has 0 spiro atoms. The maximum atomic E-state index is 13.6. The number of aldehydes is 1. The summed E-state index contributed by atoms with van der Waals surface area (Å²) in [5.74, 6) is -1.05. The van der Waals surface area contributed by atoms with Gasteiger partial charge in [-0.1, -0.05) is 18.2 Å². The predicted octanol–water partition coefficient (Wildman–Crippen LogP) is 3.55. The van der Waals surface area contributed by atoms with E-state index in [4.69, 9.17) is 0 Å². The Bertz CT molecular complexity index is 584. The minimum absolute atomic E-state index is 0.0803. The molecule has 0 N–H and O–H groups in total. The summed E-state index contributed by atoms with van der Waals surface area (Å²) in [6.45, 7) is 0. The monoisotopic (exact) mass is 247 g/mol. The van der Waals surface area contributed by atoms with Crippen LogP contribution < -0.4 is 4.90 Å². The summed E-state index contributed by atoms with van der Waals surface area (Å²) < 4.78 is 27.1. The molecular formula is C14H11F2NO. The van der Waals surface area contributed by atoms with Gasteiger partial charge in [0.05, 0.1) is 16.9 Å². The molecule has 0 aliphatic rings. The van der Waals surface area contributed by atoms with Crippen LogP contribution in [0, 0.1) is 11.6 Å². The van der Waals surface area contributed by atoms with E-state index in [-0.39, 0.29) is 11.3 Å². The van der Waals surface area contributed by atoms with Gasteiger partial charge in [0.1, 0.15) is 11.6 Å². The maximum Gasteiger partial charge on any atom is 0.155 e. The Hall–Kier alpha value is -2.23. The summed E-state index contributed by atoms with van der Waals surface area (Å²) in [6.07, 6.45) is 0.433. The summed E-state index contributed by atoms with van der Waals surface area (Å²) >= 11 is 0. The van der Waals surface area contributed by atoms with Crippen molar-refractivity contribution in [1.29, 1.82) is 0 Å². The second kappa shape index (κ2) is 4.96. The molecule has 0 fully saturated rings. The van der Waals surface area contributed by atoms with Gasteiger partial charge in [0.15, 0.2) is 6.29 Å². The van der Waals surface area contributed by atoms with E-state index in [2.05, 4.69) is 0 Å². The molecule has 2 nitrogen and oxygen atoms in total. The third kappa shape index (κ3) is 2.09. The lowest BCUT2D eigenvalue weighted by atomic mass is 10.1. The van der Waals surface area contributed by atoms with Gasteiger partial charge in [-0.3, -0.25) is 4.79 Å². The van der Waals surface area contributed by atoms with Gasteiger partial charge in [-0.05, 0) is 24.3 Å². The van der Waals surface area contributed by atoms with Crippen LogP contribution in [0.5, 0.6) is 0 Å². The summed E-state index contributed by atoms with van der Waals surface area (Å²) in [5.41, 5.74) is 0.532. The van der Waals surface area contributed by atoms with Crippen molar-refractivity contribution in [3.63, 3.8) is 0 Å². The second-order valence-corrected chi connectivity index (χ2v) is 3.80. The molecule has 2 aromatic rings. The van der Waals surface area contributed by atoms with E-state index in [1.807, 2.05) is 0 Å². The standard InChI is InChI=1S/C14H11F2NO/c1-17(14-7-3-2-5-12(14)16)13-8-4-6-11(15)10(13)9-18/h2-9H,1H3. The first-order valence-electron chi connectivity index (χ1n) is 5.37. The summed E-state index contributed by atoms with van der Waals surface area (Å²) in [6, 6.07) is 10.4. The van der Waals surface area contributed by atoms with E-state index in [0.29, 0.717) is 12.0 Å². The number of rotatable bonds is 3. The van der Waals surface area contributed by atoms with Gasteiger partial charge in [-0.2, -0.15) is 0 Å². The molecule has 0 amide bonds. The smallest absolute Gasteiger partial charge is 0.155 e. The van der Waals surface area contributed by atoms with Gasteiger partial charge >= 0.3 is 0 Å². The fourth-order valence-corrected chi connectivity index (χ4v) is 1.79. The van der Waals surface area contributed by atoms with Crippen LogP contribution in [0.25, 0.3) is 0 Å². The number of nitrogens with zero attached hydrogens (tertiary/aromatic N) is 1. The lowest BCUT2D eigenvalue weighted by Crippen LogP contribution is -2.14. The fourth-order valence-electron chi connectivity index (χ4n) is 1.79. The molecule has 18 heavy (non-hydrogen) atoms. The van der Waals surface area contributed by atoms with Crippen LogP contribution in [-0.4, -0.2) is 13.3 Å². The molecule has 0 aromatic heterocycles. The Labute approximate surface area is 103 Å². The zero-order valence-corrected chi connectivity index (χ0v) is 9.73. The van der Waals surface area contributed by atoms with Crippen molar-refractivity contribution < 1.29 is 13.6 Å². The van der Waals surface area contributed by atoms with Crippen LogP contribution in [0.2, 0.25) is 0 Å². The summed E-state index contributed by atoms with van der Waals surface area (Å²) in [5, 5.41) is 0. The number of hydrogen-bond donors (Lipinski definition) is 0. The van der Waals surface area contributed by atoms with Gasteiger partial charge in [-0.25, -0.2) is 8.78 Å². The van der Waals surface area contributed by atoms with E-state index in [9.17, 15) is 13.6 Å². The quantitative estimate of drug-likeness (QED) is 0.773. The van der Waals surface area contributed by atoms with Crippen LogP contribution in [0.15, 0.2) is 42.5 Å². The van der Waals surface area contributed by atoms with Crippen molar-refractivity contribution in [1.82, 2.24) is 0 Å². The third-order valence-electron chi connectivity index (χ3n) is 2.72. The highest BCUT2D eigenvalue weighted by Gasteiger charge is 2.14. The Kier molecular flexibility index (Phi) is 3.37. The van der Waals surface area contributed by atoms with Crippen molar-refractivity contribution in [2.75, 3.05) is 11.9 Å². The van der Waals surface area contributed by atoms with Crippen LogP contribution in [0.1, 0.15) is 10.4 Å². The van der Waals surface area contributed by atoms with Crippen LogP contribution >= 0.6 is 0 Å². The van der Waals surface area contributed by atoms with E-state index >= 15 is 0 Å². The Morgan fingerprint density at radius 1 is 0.944 bits per heavy atom. The maximum absolute atomic E-state index is 13.6. The van der Waals surface area contributed by atoms with E-state index in [1.165, 1.54) is 23.1 Å². The number of halogens is 2. The first-order valence-corrected chi connectivity index (χ1v) is 5.37. The minimum atomic E-state index is -0.620. The lowest BCUT2D eigenvalue weighted by Gasteiger charge is -2.21. The van der Waals surface area contributed by atoms with Crippen molar-refractivity contribution in [3.05, 3.63) is 59.7 Å². The fraction of sp³-hybridized carbons (Fsp3) is 0.0714. The molecule has 92 valence electrons. The van der Waals surface area contributed by atoms with Crippen molar-refractivity contribution in [2.45, 2.75) is 0 Å². The molecule has 0 aliphatic heterocycles. The molecule has 0 bridgehead atoms. The van der Waals surface area contributed by atoms with Crippen molar-refractivity contribution >= 4 is 17.7 Å². The zero-order valence-electron chi connectivity index (χ0n) is 9.73. The van der Waals surface area contributed by atoms with Gasteiger partial charge in [0, 0.05) is 7.05 Å². The molecule has 0 saturated carbocycles. The van der Waals surface area contributed by atoms with Crippen LogP contribution in [-0.2, 0) is 0 Å². The zero-order chi connectivity index (χ0) is 13.1.